The monoisotopic (exact) mass is 504 g/mol. The van der Waals surface area contributed by atoms with Crippen LogP contribution in [0, 0.1) is 20.8 Å². The standard InChI is InChI=1S/C24H26Cl2N4O2S/c1-6-10-30-23(17(5)32-18-11-14(2)22(26)15(3)12-18)28-29-24(30)33-13-21(31)27-20-9-7-8-19(25)16(20)4/h6-9,11-12,17H,1,10,13H2,2-5H3,(H,27,31). The van der Waals surface area contributed by atoms with Crippen molar-refractivity contribution in [1.82, 2.24) is 14.8 Å². The van der Waals surface area contributed by atoms with E-state index in [4.69, 9.17) is 27.9 Å². The lowest BCUT2D eigenvalue weighted by molar-refractivity contribution is -0.113. The van der Waals surface area contributed by atoms with E-state index in [2.05, 4.69) is 22.1 Å². The van der Waals surface area contributed by atoms with Gasteiger partial charge in [-0.25, -0.2) is 0 Å². The van der Waals surface area contributed by atoms with Crippen molar-refractivity contribution in [2.24, 2.45) is 0 Å². The quantitative estimate of drug-likeness (QED) is 0.263. The van der Waals surface area contributed by atoms with Crippen LogP contribution in [-0.4, -0.2) is 26.4 Å². The van der Waals surface area contributed by atoms with Crippen LogP contribution >= 0.6 is 35.0 Å². The van der Waals surface area contributed by atoms with Gasteiger partial charge in [-0.1, -0.05) is 47.1 Å². The molecule has 3 aromatic rings. The highest BCUT2D eigenvalue weighted by Gasteiger charge is 2.20. The second kappa shape index (κ2) is 11.1. The molecular formula is C24H26Cl2N4O2S. The summed E-state index contributed by atoms with van der Waals surface area (Å²) in [4.78, 5) is 12.5. The molecule has 1 N–H and O–H groups in total. The van der Waals surface area contributed by atoms with E-state index in [1.54, 1.807) is 18.2 Å². The van der Waals surface area contributed by atoms with E-state index < -0.39 is 0 Å². The fraction of sp³-hybridized carbons (Fsp3) is 0.292. The van der Waals surface area contributed by atoms with E-state index in [0.717, 1.165) is 21.7 Å². The average Bonchev–Trinajstić information content (AvgIpc) is 3.17. The number of thioether (sulfide) groups is 1. The third-order valence-corrected chi connectivity index (χ3v) is 6.99. The molecule has 0 aliphatic heterocycles. The normalized spacial score (nSPS) is 11.8. The summed E-state index contributed by atoms with van der Waals surface area (Å²) in [6.45, 7) is 12.0. The predicted octanol–water partition coefficient (Wildman–Crippen LogP) is 6.57. The lowest BCUT2D eigenvalue weighted by Gasteiger charge is -2.17. The molecule has 1 aromatic heterocycles. The first-order chi connectivity index (χ1) is 15.7. The maximum atomic E-state index is 12.5. The van der Waals surface area contributed by atoms with Gasteiger partial charge in [0.05, 0.1) is 5.75 Å². The Morgan fingerprint density at radius 3 is 2.61 bits per heavy atom. The summed E-state index contributed by atoms with van der Waals surface area (Å²) in [6, 6.07) is 9.21. The molecule has 0 spiro atoms. The van der Waals surface area contributed by atoms with Gasteiger partial charge in [-0.15, -0.1) is 16.8 Å². The molecule has 174 valence electrons. The van der Waals surface area contributed by atoms with Gasteiger partial charge in [0.1, 0.15) is 5.75 Å². The smallest absolute Gasteiger partial charge is 0.234 e. The lowest BCUT2D eigenvalue weighted by atomic mass is 10.1. The first-order valence-electron chi connectivity index (χ1n) is 10.4. The van der Waals surface area contributed by atoms with E-state index in [1.165, 1.54) is 11.8 Å². The highest BCUT2D eigenvalue weighted by atomic mass is 35.5. The van der Waals surface area contributed by atoms with Crippen LogP contribution in [0.3, 0.4) is 0 Å². The van der Waals surface area contributed by atoms with Gasteiger partial charge in [-0.3, -0.25) is 9.36 Å². The molecule has 0 saturated heterocycles. The van der Waals surface area contributed by atoms with Crippen molar-refractivity contribution in [3.8, 4) is 5.75 Å². The summed E-state index contributed by atoms with van der Waals surface area (Å²) in [7, 11) is 0. The van der Waals surface area contributed by atoms with E-state index in [9.17, 15) is 4.79 Å². The van der Waals surface area contributed by atoms with E-state index in [-0.39, 0.29) is 17.8 Å². The van der Waals surface area contributed by atoms with Crippen LogP contribution in [0.2, 0.25) is 10.0 Å². The second-order valence-corrected chi connectivity index (χ2v) is 9.35. The number of nitrogens with zero attached hydrogens (tertiary/aromatic N) is 3. The van der Waals surface area contributed by atoms with Crippen molar-refractivity contribution in [2.75, 3.05) is 11.1 Å². The third kappa shape index (κ3) is 6.10. The van der Waals surface area contributed by atoms with Crippen LogP contribution in [0.25, 0.3) is 0 Å². The van der Waals surface area contributed by atoms with Crippen molar-refractivity contribution < 1.29 is 9.53 Å². The Hall–Kier alpha value is -2.48. The van der Waals surface area contributed by atoms with Crippen LogP contribution in [0.4, 0.5) is 5.69 Å². The molecule has 3 rings (SSSR count). The molecular weight excluding hydrogens is 479 g/mol. The number of rotatable bonds is 9. The molecule has 33 heavy (non-hydrogen) atoms. The Morgan fingerprint density at radius 1 is 1.24 bits per heavy atom. The van der Waals surface area contributed by atoms with Crippen molar-refractivity contribution >= 4 is 46.6 Å². The molecule has 9 heteroatoms. The van der Waals surface area contributed by atoms with Gasteiger partial charge >= 0.3 is 0 Å². The highest BCUT2D eigenvalue weighted by molar-refractivity contribution is 7.99. The number of carbonyl (C=O) groups excluding carboxylic acids is 1. The van der Waals surface area contributed by atoms with Crippen LogP contribution in [0.1, 0.15) is 35.5 Å². The fourth-order valence-electron chi connectivity index (χ4n) is 3.30. The van der Waals surface area contributed by atoms with Crippen molar-refractivity contribution in [1.29, 1.82) is 0 Å². The van der Waals surface area contributed by atoms with Crippen LogP contribution < -0.4 is 10.1 Å². The molecule has 0 fully saturated rings. The Kier molecular flexibility index (Phi) is 8.46. The molecule has 0 saturated carbocycles. The molecule has 1 heterocycles. The molecule has 0 bridgehead atoms. The number of nitrogens with one attached hydrogen (secondary N) is 1. The van der Waals surface area contributed by atoms with Gasteiger partial charge in [0.25, 0.3) is 0 Å². The minimum absolute atomic E-state index is 0.156. The molecule has 0 radical (unpaired) electrons. The number of amides is 1. The minimum Gasteiger partial charge on any atom is -0.483 e. The maximum absolute atomic E-state index is 12.5. The lowest BCUT2D eigenvalue weighted by Crippen LogP contribution is -2.16. The summed E-state index contributed by atoms with van der Waals surface area (Å²) in [5.74, 6) is 1.37. The first-order valence-corrected chi connectivity index (χ1v) is 12.1. The van der Waals surface area contributed by atoms with Gasteiger partial charge < -0.3 is 10.1 Å². The molecule has 1 atom stereocenters. The number of benzene rings is 2. The largest absolute Gasteiger partial charge is 0.483 e. The highest BCUT2D eigenvalue weighted by Crippen LogP contribution is 2.30. The van der Waals surface area contributed by atoms with Gasteiger partial charge in [-0.2, -0.15) is 0 Å². The zero-order valence-corrected chi connectivity index (χ0v) is 21.3. The van der Waals surface area contributed by atoms with E-state index in [0.29, 0.717) is 34.0 Å². The summed E-state index contributed by atoms with van der Waals surface area (Å²) in [5, 5.41) is 13.5. The topological polar surface area (TPSA) is 69.0 Å². The SMILES string of the molecule is C=CCn1c(SCC(=O)Nc2cccc(Cl)c2C)nnc1C(C)Oc1cc(C)c(Cl)c(C)c1. The molecule has 1 amide bonds. The fourth-order valence-corrected chi connectivity index (χ4v) is 4.34. The zero-order valence-electron chi connectivity index (χ0n) is 19.0. The van der Waals surface area contributed by atoms with Gasteiger partial charge in [0.15, 0.2) is 17.1 Å². The van der Waals surface area contributed by atoms with Crippen molar-refractivity contribution in [3.63, 3.8) is 0 Å². The summed E-state index contributed by atoms with van der Waals surface area (Å²) < 4.78 is 8.03. The number of halogens is 2. The number of hydrogen-bond donors (Lipinski definition) is 1. The second-order valence-electron chi connectivity index (χ2n) is 7.62. The Balaban J connectivity index is 1.71. The van der Waals surface area contributed by atoms with Gasteiger partial charge in [0.2, 0.25) is 5.91 Å². The number of anilines is 1. The zero-order chi connectivity index (χ0) is 24.1. The number of carbonyl (C=O) groups is 1. The minimum atomic E-state index is -0.366. The summed E-state index contributed by atoms with van der Waals surface area (Å²) in [6.07, 6.45) is 1.39. The average molecular weight is 505 g/mol. The molecule has 2 aromatic carbocycles. The van der Waals surface area contributed by atoms with Crippen molar-refractivity contribution in [2.45, 2.75) is 45.5 Å². The molecule has 0 aliphatic carbocycles. The summed E-state index contributed by atoms with van der Waals surface area (Å²) >= 11 is 13.7. The number of hydrogen-bond acceptors (Lipinski definition) is 5. The molecule has 0 aliphatic rings. The van der Waals surface area contributed by atoms with Crippen molar-refractivity contribution in [3.05, 3.63) is 75.5 Å². The van der Waals surface area contributed by atoms with E-state index >= 15 is 0 Å². The van der Waals surface area contributed by atoms with E-state index in [1.807, 2.05) is 50.5 Å². The van der Waals surface area contributed by atoms with Gasteiger partial charge in [-0.05, 0) is 68.7 Å². The maximum Gasteiger partial charge on any atom is 0.234 e. The molecule has 6 nitrogen and oxygen atoms in total. The van der Waals surface area contributed by atoms with Crippen LogP contribution in [-0.2, 0) is 11.3 Å². The number of aryl methyl sites for hydroxylation is 2. The Bertz CT molecular complexity index is 1160. The summed E-state index contributed by atoms with van der Waals surface area (Å²) in [5.41, 5.74) is 3.41. The molecule has 1 unspecified atom stereocenters. The predicted molar refractivity (Wildman–Crippen MR) is 136 cm³/mol. The number of allylic oxidation sites excluding steroid dienone is 1. The van der Waals surface area contributed by atoms with Crippen LogP contribution in [0.5, 0.6) is 5.75 Å². The Labute approximate surface area is 208 Å². The van der Waals surface area contributed by atoms with Gasteiger partial charge in [0, 0.05) is 22.3 Å². The first kappa shape index (κ1) is 25.1. The Morgan fingerprint density at radius 2 is 1.94 bits per heavy atom. The third-order valence-electron chi connectivity index (χ3n) is 5.02. The van der Waals surface area contributed by atoms with Crippen LogP contribution in [0.15, 0.2) is 48.1 Å². The number of ether oxygens (including phenoxy) is 1. The number of aromatic nitrogens is 3.